The Morgan fingerprint density at radius 1 is 1.20 bits per heavy atom. The molecule has 0 radical (unpaired) electrons. The molecule has 9 nitrogen and oxygen atoms in total. The molecule has 3 heterocycles. The highest BCUT2D eigenvalue weighted by Crippen LogP contribution is 2.34. The topological polar surface area (TPSA) is 93.2 Å². The summed E-state index contributed by atoms with van der Waals surface area (Å²) < 4.78 is 46.0. The molecule has 2 aliphatic heterocycles. The summed E-state index contributed by atoms with van der Waals surface area (Å²) in [5.41, 5.74) is 4.83. The van der Waals surface area contributed by atoms with Gasteiger partial charge in [-0.3, -0.25) is 25.1 Å². The number of aromatic nitrogens is 1. The molecule has 0 saturated carbocycles. The molecule has 1 saturated heterocycles. The van der Waals surface area contributed by atoms with Gasteiger partial charge in [-0.2, -0.15) is 13.2 Å². The summed E-state index contributed by atoms with van der Waals surface area (Å²) >= 11 is 6.48. The smallest absolute Gasteiger partial charge is 0.416 e. The lowest BCUT2D eigenvalue weighted by Crippen LogP contribution is -2.49. The highest BCUT2D eigenvalue weighted by Gasteiger charge is 2.32. The summed E-state index contributed by atoms with van der Waals surface area (Å²) in [6.45, 7) is 0.992. The van der Waals surface area contributed by atoms with Crippen molar-refractivity contribution in [2.24, 2.45) is 0 Å². The van der Waals surface area contributed by atoms with Gasteiger partial charge in [-0.25, -0.2) is 0 Å². The monoisotopic (exact) mass is 574 g/mol. The van der Waals surface area contributed by atoms with E-state index in [0.717, 1.165) is 17.7 Å². The normalized spacial score (nSPS) is 16.4. The van der Waals surface area contributed by atoms with Crippen LogP contribution in [0.1, 0.15) is 27.0 Å². The van der Waals surface area contributed by atoms with Crippen molar-refractivity contribution in [1.82, 2.24) is 20.4 Å². The molecule has 210 valence electrons. The van der Waals surface area contributed by atoms with E-state index in [1.165, 1.54) is 12.1 Å². The van der Waals surface area contributed by atoms with Crippen LogP contribution in [0.15, 0.2) is 61.1 Å². The van der Waals surface area contributed by atoms with E-state index in [1.807, 2.05) is 11.0 Å². The average Bonchev–Trinajstić information content (AvgIpc) is 3.28. The van der Waals surface area contributed by atoms with Crippen molar-refractivity contribution in [2.45, 2.75) is 18.8 Å². The number of aliphatic hydroxyl groups excluding tert-OH is 1. The quantitative estimate of drug-likeness (QED) is 0.383. The van der Waals surface area contributed by atoms with Crippen LogP contribution in [0.4, 0.5) is 24.5 Å². The SMILES string of the molecule is COc1cncc(C2=CN(c3cc(C(=O)Nc4cc(CN5CC(O)C5)cc(C(F)(F)F)c4)ccc3Cl)N(C)N2)c1. The molecule has 0 bridgehead atoms. The largest absolute Gasteiger partial charge is 0.495 e. The number of ether oxygens (including phenoxy) is 1. The van der Waals surface area contributed by atoms with Crippen molar-refractivity contribution in [1.29, 1.82) is 0 Å². The summed E-state index contributed by atoms with van der Waals surface area (Å²) in [5.74, 6) is -0.0169. The Morgan fingerprint density at radius 3 is 2.67 bits per heavy atom. The first kappa shape index (κ1) is 27.7. The van der Waals surface area contributed by atoms with Gasteiger partial charge in [-0.15, -0.1) is 5.12 Å². The summed E-state index contributed by atoms with van der Waals surface area (Å²) in [7, 11) is 3.30. The lowest BCUT2D eigenvalue weighted by atomic mass is 10.1. The number of hydrogen-bond donors (Lipinski definition) is 3. The lowest BCUT2D eigenvalue weighted by Gasteiger charge is -2.36. The maximum atomic E-state index is 13.6. The zero-order chi connectivity index (χ0) is 28.6. The molecule has 5 rings (SSSR count). The van der Waals surface area contributed by atoms with Crippen molar-refractivity contribution in [2.75, 3.05) is 37.6 Å². The van der Waals surface area contributed by atoms with Crippen LogP contribution in [0.3, 0.4) is 0 Å². The number of aliphatic hydroxyl groups is 1. The molecule has 0 unspecified atom stereocenters. The van der Waals surface area contributed by atoms with Gasteiger partial charge in [0.15, 0.2) is 0 Å². The van der Waals surface area contributed by atoms with E-state index in [4.69, 9.17) is 16.3 Å². The molecule has 0 aliphatic carbocycles. The Balaban J connectivity index is 1.39. The number of β-amino-alcohol motifs (C(OH)–C–C–N with tert-alkyl or cyclic N) is 1. The molecule has 3 N–H and O–H groups in total. The highest BCUT2D eigenvalue weighted by molar-refractivity contribution is 6.33. The van der Waals surface area contributed by atoms with Gasteiger partial charge in [0.1, 0.15) is 5.75 Å². The second-order valence-corrected chi connectivity index (χ2v) is 9.93. The Labute approximate surface area is 233 Å². The van der Waals surface area contributed by atoms with Crippen LogP contribution in [-0.2, 0) is 12.7 Å². The van der Waals surface area contributed by atoms with Crippen LogP contribution in [0.25, 0.3) is 5.70 Å². The number of nitrogens with zero attached hydrogens (tertiary/aromatic N) is 4. The molecule has 13 heteroatoms. The van der Waals surface area contributed by atoms with E-state index in [-0.39, 0.29) is 17.8 Å². The molecular weight excluding hydrogens is 549 g/mol. The molecule has 2 aliphatic rings. The third kappa shape index (κ3) is 5.99. The Kier molecular flexibility index (Phi) is 7.60. The van der Waals surface area contributed by atoms with E-state index >= 15 is 0 Å². The Bertz CT molecular complexity index is 1460. The van der Waals surface area contributed by atoms with E-state index in [2.05, 4.69) is 15.7 Å². The number of anilines is 2. The maximum absolute atomic E-state index is 13.6. The first-order valence-corrected chi connectivity index (χ1v) is 12.6. The number of likely N-dealkylation sites (tertiary alicyclic amines) is 1. The van der Waals surface area contributed by atoms with E-state index in [9.17, 15) is 23.1 Å². The fourth-order valence-corrected chi connectivity index (χ4v) is 4.70. The number of nitrogens with one attached hydrogen (secondary N) is 2. The number of carbonyl (C=O) groups excluding carboxylic acids is 1. The minimum absolute atomic E-state index is 0.0139. The highest BCUT2D eigenvalue weighted by atomic mass is 35.5. The van der Waals surface area contributed by atoms with Crippen molar-refractivity contribution >= 4 is 34.6 Å². The minimum atomic E-state index is -4.59. The number of halogens is 4. The van der Waals surface area contributed by atoms with Crippen molar-refractivity contribution in [3.05, 3.63) is 88.3 Å². The minimum Gasteiger partial charge on any atom is -0.495 e. The number of hydrazine groups is 2. The van der Waals surface area contributed by atoms with Crippen molar-refractivity contribution in [3.8, 4) is 5.75 Å². The fraction of sp³-hybridized carbons (Fsp3) is 0.259. The summed E-state index contributed by atoms with van der Waals surface area (Å²) in [6.07, 6.45) is -0.0510. The molecule has 0 spiro atoms. The molecule has 40 heavy (non-hydrogen) atoms. The van der Waals surface area contributed by atoms with Crippen LogP contribution in [-0.4, -0.2) is 59.4 Å². The molecule has 1 fully saturated rings. The van der Waals surface area contributed by atoms with E-state index < -0.39 is 23.8 Å². The molecule has 2 aromatic carbocycles. The van der Waals surface area contributed by atoms with Gasteiger partial charge in [0.25, 0.3) is 5.91 Å². The van der Waals surface area contributed by atoms with Crippen LogP contribution in [0.5, 0.6) is 5.75 Å². The van der Waals surface area contributed by atoms with Crippen molar-refractivity contribution < 1.29 is 27.8 Å². The zero-order valence-electron chi connectivity index (χ0n) is 21.5. The maximum Gasteiger partial charge on any atom is 0.416 e. The first-order chi connectivity index (χ1) is 19.0. The number of hydrogen-bond acceptors (Lipinski definition) is 8. The van der Waals surface area contributed by atoms with Gasteiger partial charge in [0.2, 0.25) is 0 Å². The molecule has 1 aromatic heterocycles. The number of methoxy groups -OCH3 is 1. The van der Waals surface area contributed by atoms with E-state index in [1.54, 1.807) is 55.0 Å². The van der Waals surface area contributed by atoms with E-state index in [0.29, 0.717) is 40.8 Å². The Morgan fingerprint density at radius 2 is 1.98 bits per heavy atom. The number of benzene rings is 2. The second-order valence-electron chi connectivity index (χ2n) is 9.52. The molecule has 3 aromatic rings. The van der Waals surface area contributed by atoms with Gasteiger partial charge < -0.3 is 15.2 Å². The summed E-state index contributed by atoms with van der Waals surface area (Å²) in [4.78, 5) is 19.2. The Hall–Kier alpha value is -3.84. The predicted molar refractivity (Wildman–Crippen MR) is 144 cm³/mol. The van der Waals surface area contributed by atoms with Crippen LogP contribution in [0.2, 0.25) is 5.02 Å². The summed E-state index contributed by atoms with van der Waals surface area (Å²) in [5, 5.41) is 15.8. The van der Waals surface area contributed by atoms with Gasteiger partial charge in [0.05, 0.1) is 41.4 Å². The standard InChI is InChI=1S/C27H26ClF3N6O3/c1-35-34-24(18-7-22(40-2)11-32-10-18)15-37(35)25-8-17(3-4-23(25)28)26(39)33-20-6-16(12-36-13-21(38)14-36)5-19(9-20)27(29,30)31/h3-11,15,21,34,38H,12-14H2,1-2H3,(H,33,39). The third-order valence-electron chi connectivity index (χ3n) is 6.49. The third-order valence-corrected chi connectivity index (χ3v) is 6.81. The zero-order valence-corrected chi connectivity index (χ0v) is 22.3. The fourth-order valence-electron chi connectivity index (χ4n) is 4.50. The van der Waals surface area contributed by atoms with Crippen LogP contribution in [0, 0.1) is 0 Å². The number of amides is 1. The second kappa shape index (κ2) is 11.0. The molecule has 1 amide bonds. The van der Waals surface area contributed by atoms with Crippen LogP contribution < -0.4 is 20.5 Å². The summed E-state index contributed by atoms with van der Waals surface area (Å²) in [6, 6.07) is 9.86. The average molecular weight is 575 g/mol. The number of carbonyl (C=O) groups is 1. The van der Waals surface area contributed by atoms with Crippen LogP contribution >= 0.6 is 11.6 Å². The molecular formula is C27H26ClF3N6O3. The van der Waals surface area contributed by atoms with Gasteiger partial charge in [0, 0.05) is 55.9 Å². The van der Waals surface area contributed by atoms with Gasteiger partial charge in [-0.05, 0) is 48.0 Å². The number of pyridine rings is 1. The predicted octanol–water partition coefficient (Wildman–Crippen LogP) is 4.36. The molecule has 0 atom stereocenters. The van der Waals surface area contributed by atoms with Crippen molar-refractivity contribution in [3.63, 3.8) is 0 Å². The lowest BCUT2D eigenvalue weighted by molar-refractivity contribution is -0.137. The number of alkyl halides is 3. The number of rotatable bonds is 7. The van der Waals surface area contributed by atoms with Gasteiger partial charge in [-0.1, -0.05) is 11.6 Å². The first-order valence-electron chi connectivity index (χ1n) is 12.2. The van der Waals surface area contributed by atoms with Gasteiger partial charge >= 0.3 is 6.18 Å².